The second-order valence-electron chi connectivity index (χ2n) is 7.11. The van der Waals surface area contributed by atoms with Crippen LogP contribution in [0.1, 0.15) is 90.4 Å². The molecule has 0 radical (unpaired) electrons. The highest BCUT2D eigenvalue weighted by Gasteiger charge is 2.21. The molecule has 2 fully saturated rings. The maximum atomic E-state index is 8.38. The normalized spacial score (nSPS) is 20.5. The predicted molar refractivity (Wildman–Crippen MR) is 117 cm³/mol. The van der Waals surface area contributed by atoms with Crippen LogP contribution in [0.5, 0.6) is 0 Å². The molecule has 2 rings (SSSR count). The molecule has 2 atom stereocenters. The molecular formula is C25H38O4. The van der Waals surface area contributed by atoms with Crippen LogP contribution in [0.25, 0.3) is 0 Å². The van der Waals surface area contributed by atoms with Crippen molar-refractivity contribution in [2.75, 3.05) is 19.8 Å². The highest BCUT2D eigenvalue weighted by atomic mass is 16.8. The zero-order valence-corrected chi connectivity index (χ0v) is 18.1. The summed E-state index contributed by atoms with van der Waals surface area (Å²) < 4.78 is 16.6. The maximum absolute atomic E-state index is 8.38. The number of unbranched alkanes of at least 4 members (excludes halogenated alkanes) is 4. The van der Waals surface area contributed by atoms with Crippen LogP contribution >= 0.6 is 0 Å². The Morgan fingerprint density at radius 3 is 1.86 bits per heavy atom. The van der Waals surface area contributed by atoms with Gasteiger partial charge in [0.05, 0.1) is 12.8 Å². The van der Waals surface area contributed by atoms with Crippen molar-refractivity contribution in [3.8, 4) is 35.5 Å². The van der Waals surface area contributed by atoms with E-state index in [1.54, 1.807) is 0 Å². The Morgan fingerprint density at radius 2 is 1.34 bits per heavy atom. The number of hydrogen-bond acceptors (Lipinski definition) is 4. The summed E-state index contributed by atoms with van der Waals surface area (Å²) >= 11 is 0. The van der Waals surface area contributed by atoms with Crippen molar-refractivity contribution in [2.24, 2.45) is 0 Å². The molecule has 29 heavy (non-hydrogen) atoms. The third-order valence-corrected chi connectivity index (χ3v) is 4.54. The van der Waals surface area contributed by atoms with Gasteiger partial charge in [-0.3, -0.25) is 0 Å². The molecule has 0 amide bonds. The monoisotopic (exact) mass is 402 g/mol. The maximum Gasteiger partial charge on any atom is 0.160 e. The van der Waals surface area contributed by atoms with Gasteiger partial charge < -0.3 is 19.3 Å². The summed E-state index contributed by atoms with van der Waals surface area (Å²) in [4.78, 5) is 0. The van der Waals surface area contributed by atoms with E-state index >= 15 is 0 Å². The van der Waals surface area contributed by atoms with Crippen molar-refractivity contribution >= 4 is 0 Å². The lowest BCUT2D eigenvalue weighted by atomic mass is 10.1. The average Bonchev–Trinajstić information content (AvgIpc) is 2.76. The van der Waals surface area contributed by atoms with Crippen molar-refractivity contribution in [1.82, 2.24) is 0 Å². The van der Waals surface area contributed by atoms with E-state index in [9.17, 15) is 0 Å². The lowest BCUT2D eigenvalue weighted by molar-refractivity contribution is -0.264. The largest absolute Gasteiger partial charge is 0.384 e. The summed E-state index contributed by atoms with van der Waals surface area (Å²) in [5.41, 5.74) is 0. The first-order chi connectivity index (χ1) is 14.4. The zero-order valence-electron chi connectivity index (χ0n) is 18.1. The van der Waals surface area contributed by atoms with Crippen LogP contribution in [0.3, 0.4) is 0 Å². The summed E-state index contributed by atoms with van der Waals surface area (Å²) in [5, 5.41) is 8.38. The van der Waals surface area contributed by atoms with E-state index in [0.29, 0.717) is 12.8 Å². The lowest BCUT2D eigenvalue weighted by Crippen LogP contribution is -2.31. The summed E-state index contributed by atoms with van der Waals surface area (Å²) in [6.07, 6.45) is 14.1. The van der Waals surface area contributed by atoms with Crippen LogP contribution in [0, 0.1) is 35.5 Å². The van der Waals surface area contributed by atoms with Crippen LogP contribution in [0.2, 0.25) is 0 Å². The third kappa shape index (κ3) is 16.0. The minimum Gasteiger partial charge on any atom is -0.384 e. The van der Waals surface area contributed by atoms with E-state index < -0.39 is 0 Å². The molecular weight excluding hydrogens is 364 g/mol. The Kier molecular flexibility index (Phi) is 17.5. The van der Waals surface area contributed by atoms with Crippen LogP contribution in [-0.2, 0) is 14.2 Å². The number of rotatable bonds is 6. The van der Waals surface area contributed by atoms with Gasteiger partial charge in [0.15, 0.2) is 12.6 Å². The summed E-state index contributed by atoms with van der Waals surface area (Å²) in [6, 6.07) is 0. The van der Waals surface area contributed by atoms with Gasteiger partial charge in [-0.25, -0.2) is 0 Å². The topological polar surface area (TPSA) is 47.9 Å². The van der Waals surface area contributed by atoms with E-state index in [1.807, 2.05) is 0 Å². The molecule has 0 aliphatic carbocycles. The molecule has 1 N–H and O–H groups in total. The molecule has 2 aliphatic rings. The molecule has 2 unspecified atom stereocenters. The van der Waals surface area contributed by atoms with Crippen LogP contribution < -0.4 is 0 Å². The van der Waals surface area contributed by atoms with Crippen molar-refractivity contribution in [1.29, 1.82) is 0 Å². The van der Waals surface area contributed by atoms with Gasteiger partial charge in [0.25, 0.3) is 0 Å². The van der Waals surface area contributed by atoms with E-state index in [0.717, 1.165) is 32.5 Å². The molecule has 0 bridgehead atoms. The molecule has 4 heteroatoms. The Bertz CT molecular complexity index is 539. The standard InChI is InChI=1S/C15H20O.C10H18O3/c1-2-3-4-5-6-7-8-9-10-11-12-13-14-15-16;1-3-7-11-9(5-1)13-10-6-2-4-8-12-10/h16H,2-6,9,12,15H2,1H3;9-10H,1-8H2. The number of aliphatic hydroxyl groups is 1. The van der Waals surface area contributed by atoms with Gasteiger partial charge in [0, 0.05) is 19.6 Å². The molecule has 0 aromatic heterocycles. The first-order valence-electron chi connectivity index (χ1n) is 11.2. The van der Waals surface area contributed by atoms with Crippen molar-refractivity contribution < 1.29 is 19.3 Å². The molecule has 0 aromatic carbocycles. The predicted octanol–water partition coefficient (Wildman–Crippen LogP) is 4.80. The first kappa shape index (κ1) is 25.6. The molecule has 0 aromatic rings. The molecule has 162 valence electrons. The second kappa shape index (κ2) is 19.8. The average molecular weight is 403 g/mol. The molecule has 2 heterocycles. The molecule has 2 saturated heterocycles. The SMILES string of the molecule is C1CCC(OC2CCCCO2)OC1.CCCCCCC#CCC#CCC#CCO. The fourth-order valence-corrected chi connectivity index (χ4v) is 2.93. The molecule has 0 spiro atoms. The minimum absolute atomic E-state index is 0.00292. The van der Waals surface area contributed by atoms with E-state index in [4.69, 9.17) is 19.3 Å². The molecule has 2 aliphatic heterocycles. The van der Waals surface area contributed by atoms with Crippen molar-refractivity contribution in [2.45, 2.75) is 103 Å². The van der Waals surface area contributed by atoms with Crippen LogP contribution in [-0.4, -0.2) is 37.5 Å². The van der Waals surface area contributed by atoms with Gasteiger partial charge in [-0.2, -0.15) is 0 Å². The smallest absolute Gasteiger partial charge is 0.160 e. The van der Waals surface area contributed by atoms with Gasteiger partial charge in [-0.1, -0.05) is 55.8 Å². The summed E-state index contributed by atoms with van der Waals surface area (Å²) in [5.74, 6) is 17.3. The fourth-order valence-electron chi connectivity index (χ4n) is 2.93. The Labute approximate surface area is 178 Å². The van der Waals surface area contributed by atoms with Gasteiger partial charge in [0.2, 0.25) is 0 Å². The van der Waals surface area contributed by atoms with Crippen molar-refractivity contribution in [3.63, 3.8) is 0 Å². The highest BCUT2D eigenvalue weighted by Crippen LogP contribution is 2.20. The summed E-state index contributed by atoms with van der Waals surface area (Å²) in [6.45, 7) is 3.81. The first-order valence-corrected chi connectivity index (χ1v) is 11.2. The number of hydrogen-bond donors (Lipinski definition) is 1. The van der Waals surface area contributed by atoms with E-state index in [-0.39, 0.29) is 19.2 Å². The number of aliphatic hydroxyl groups excluding tert-OH is 1. The molecule has 4 nitrogen and oxygen atoms in total. The van der Waals surface area contributed by atoms with Crippen molar-refractivity contribution in [3.05, 3.63) is 0 Å². The molecule has 0 saturated carbocycles. The Morgan fingerprint density at radius 1 is 0.759 bits per heavy atom. The quantitative estimate of drug-likeness (QED) is 0.512. The van der Waals surface area contributed by atoms with Gasteiger partial charge in [-0.15, -0.1) is 5.92 Å². The third-order valence-electron chi connectivity index (χ3n) is 4.54. The Balaban J connectivity index is 0.000000294. The fraction of sp³-hybridized carbons (Fsp3) is 0.760. The Hall–Kier alpha value is -1.48. The van der Waals surface area contributed by atoms with Gasteiger partial charge in [0.1, 0.15) is 6.61 Å². The van der Waals surface area contributed by atoms with E-state index in [2.05, 4.69) is 42.4 Å². The van der Waals surface area contributed by atoms with Crippen LogP contribution in [0.4, 0.5) is 0 Å². The van der Waals surface area contributed by atoms with Gasteiger partial charge >= 0.3 is 0 Å². The second-order valence-corrected chi connectivity index (χ2v) is 7.11. The van der Waals surface area contributed by atoms with Gasteiger partial charge in [-0.05, 0) is 44.9 Å². The summed E-state index contributed by atoms with van der Waals surface area (Å²) in [7, 11) is 0. The minimum atomic E-state index is -0.0841. The lowest BCUT2D eigenvalue weighted by Gasteiger charge is -2.29. The zero-order chi connectivity index (χ0) is 20.8. The highest BCUT2D eigenvalue weighted by molar-refractivity contribution is 5.16. The number of ether oxygens (including phenoxy) is 3. The van der Waals surface area contributed by atoms with E-state index in [1.165, 1.54) is 51.4 Å². The van der Waals surface area contributed by atoms with Crippen LogP contribution in [0.15, 0.2) is 0 Å².